The van der Waals surface area contributed by atoms with Crippen molar-refractivity contribution in [2.75, 3.05) is 21.3 Å². The molecule has 0 aromatic heterocycles. The maximum absolute atomic E-state index is 14.0. The summed E-state index contributed by atoms with van der Waals surface area (Å²) >= 11 is 0. The zero-order valence-electron chi connectivity index (χ0n) is 16.7. The summed E-state index contributed by atoms with van der Waals surface area (Å²) in [7, 11) is 2.80. The van der Waals surface area contributed by atoms with Gasteiger partial charge in [0.25, 0.3) is 5.60 Å². The van der Waals surface area contributed by atoms with Gasteiger partial charge in [0.15, 0.2) is 0 Å². The second-order valence-electron chi connectivity index (χ2n) is 6.13. The maximum atomic E-state index is 14.0. The number of rotatable bonds is 10. The number of hydrogen-bond donors (Lipinski definition) is 0. The molecule has 0 amide bonds. The van der Waals surface area contributed by atoms with Gasteiger partial charge >= 0.3 is 24.1 Å². The Balaban J connectivity index is 3.46. The first-order valence-electron chi connectivity index (χ1n) is 8.73. The number of benzene rings is 1. The van der Waals surface area contributed by atoms with Crippen LogP contribution < -0.4 is 0 Å². The van der Waals surface area contributed by atoms with Crippen molar-refractivity contribution in [2.24, 2.45) is 5.92 Å². The zero-order chi connectivity index (χ0) is 22.9. The van der Waals surface area contributed by atoms with Crippen molar-refractivity contribution in [1.29, 1.82) is 0 Å². The lowest BCUT2D eigenvalue weighted by molar-refractivity contribution is -0.278. The fourth-order valence-electron chi connectivity index (χ4n) is 2.85. The van der Waals surface area contributed by atoms with Gasteiger partial charge in [-0.1, -0.05) is 36.4 Å². The summed E-state index contributed by atoms with van der Waals surface area (Å²) in [5, 5.41) is 0. The first-order chi connectivity index (χ1) is 14.1. The van der Waals surface area contributed by atoms with E-state index in [0.29, 0.717) is 7.11 Å². The Bertz CT molecular complexity index is 749. The van der Waals surface area contributed by atoms with Crippen molar-refractivity contribution in [3.63, 3.8) is 0 Å². The Morgan fingerprint density at radius 3 is 2.10 bits per heavy atom. The zero-order valence-corrected chi connectivity index (χ0v) is 16.7. The van der Waals surface area contributed by atoms with E-state index in [9.17, 15) is 27.6 Å². The Morgan fingerprint density at radius 2 is 1.67 bits per heavy atom. The summed E-state index contributed by atoms with van der Waals surface area (Å²) in [6.45, 7) is 3.46. The van der Waals surface area contributed by atoms with E-state index in [0.717, 1.165) is 26.4 Å². The van der Waals surface area contributed by atoms with Crippen molar-refractivity contribution >= 4 is 17.9 Å². The molecule has 30 heavy (non-hydrogen) atoms. The van der Waals surface area contributed by atoms with Crippen molar-refractivity contribution in [3.8, 4) is 0 Å². The molecule has 3 atom stereocenters. The molecule has 0 aliphatic heterocycles. The molecule has 0 heterocycles. The normalized spacial score (nSPS) is 15.3. The molecule has 10 heteroatoms. The average molecular weight is 432 g/mol. The molecule has 0 bridgehead atoms. The third kappa shape index (κ3) is 5.38. The van der Waals surface area contributed by atoms with E-state index in [2.05, 4.69) is 20.8 Å². The molecule has 0 saturated carbocycles. The molecule has 0 aliphatic carbocycles. The quantitative estimate of drug-likeness (QED) is 0.319. The number of alkyl halides is 3. The maximum Gasteiger partial charge on any atom is 0.432 e. The first kappa shape index (κ1) is 25.2. The van der Waals surface area contributed by atoms with E-state index in [4.69, 9.17) is 4.74 Å². The highest BCUT2D eigenvalue weighted by atomic mass is 19.4. The summed E-state index contributed by atoms with van der Waals surface area (Å²) in [5.74, 6) is -4.92. The first-order valence-corrected chi connectivity index (χ1v) is 8.73. The summed E-state index contributed by atoms with van der Waals surface area (Å²) in [6.07, 6.45) is -6.35. The highest BCUT2D eigenvalue weighted by Gasteiger charge is 2.64. The summed E-state index contributed by atoms with van der Waals surface area (Å²) in [4.78, 5) is 36.7. The van der Waals surface area contributed by atoms with E-state index in [1.54, 1.807) is 0 Å². The number of allylic oxidation sites excluding steroid dienone is 1. The van der Waals surface area contributed by atoms with Crippen molar-refractivity contribution in [3.05, 3.63) is 48.6 Å². The second kappa shape index (κ2) is 10.8. The lowest BCUT2D eigenvalue weighted by Crippen LogP contribution is -2.53. The van der Waals surface area contributed by atoms with Crippen LogP contribution in [0.3, 0.4) is 0 Å². The van der Waals surface area contributed by atoms with Crippen LogP contribution in [0.25, 0.3) is 0 Å². The van der Waals surface area contributed by atoms with Gasteiger partial charge < -0.3 is 18.9 Å². The van der Waals surface area contributed by atoms with E-state index in [1.165, 1.54) is 24.3 Å². The summed E-state index contributed by atoms with van der Waals surface area (Å²) in [6, 6.07) is 6.15. The van der Waals surface area contributed by atoms with Gasteiger partial charge in [-0.15, -0.1) is 6.58 Å². The van der Waals surface area contributed by atoms with E-state index in [-0.39, 0.29) is 6.42 Å². The molecule has 0 spiro atoms. The van der Waals surface area contributed by atoms with Crippen LogP contribution in [-0.4, -0.2) is 51.5 Å². The number of esters is 3. The van der Waals surface area contributed by atoms with Crippen LogP contribution in [0.1, 0.15) is 18.4 Å². The molecule has 0 saturated heterocycles. The average Bonchev–Trinajstić information content (AvgIpc) is 2.71. The number of hydrogen-bond acceptors (Lipinski definition) is 7. The number of carbonyl (C=O) groups excluding carboxylic acids is 3. The van der Waals surface area contributed by atoms with Gasteiger partial charge in [-0.25, -0.2) is 4.79 Å². The Labute approximate surface area is 171 Å². The van der Waals surface area contributed by atoms with E-state index in [1.807, 2.05) is 0 Å². The molecular formula is C20H23F3O7. The van der Waals surface area contributed by atoms with Crippen LogP contribution in [0.2, 0.25) is 0 Å². The van der Waals surface area contributed by atoms with Gasteiger partial charge in [0.2, 0.25) is 0 Å². The minimum absolute atomic E-state index is 0.126. The number of ether oxygens (including phenoxy) is 4. The predicted molar refractivity (Wildman–Crippen MR) is 98.0 cm³/mol. The molecule has 1 aromatic rings. The van der Waals surface area contributed by atoms with Crippen LogP contribution in [0.15, 0.2) is 43.0 Å². The van der Waals surface area contributed by atoms with Crippen molar-refractivity contribution in [1.82, 2.24) is 0 Å². The van der Waals surface area contributed by atoms with Gasteiger partial charge in [-0.2, -0.15) is 13.2 Å². The van der Waals surface area contributed by atoms with Gasteiger partial charge in [-0.05, 0) is 6.42 Å². The lowest BCUT2D eigenvalue weighted by atomic mass is 9.91. The molecule has 0 N–H and O–H groups in total. The standard InChI is InChI=1S/C20H23F3O7/c1-5-9-14(17(25)28-3)15(12-16(24)27-2)30-18(26)19(29-4,20(21,22)23)13-10-7-6-8-11-13/h5-8,10-11,14-15H,1,9,12H2,2-4H3/t14-,15+,19?/m0/s1. The highest BCUT2D eigenvalue weighted by Crippen LogP contribution is 2.43. The van der Waals surface area contributed by atoms with E-state index >= 15 is 0 Å². The number of carbonyl (C=O) groups is 3. The van der Waals surface area contributed by atoms with E-state index < -0.39 is 53.7 Å². The topological polar surface area (TPSA) is 88.1 Å². The van der Waals surface area contributed by atoms with Crippen LogP contribution in [0.5, 0.6) is 0 Å². The largest absolute Gasteiger partial charge is 0.469 e. The Hall–Kier alpha value is -2.88. The fraction of sp³-hybridized carbons (Fsp3) is 0.450. The Morgan fingerprint density at radius 1 is 1.07 bits per heavy atom. The molecule has 0 aliphatic rings. The third-order valence-corrected chi connectivity index (χ3v) is 4.40. The van der Waals surface area contributed by atoms with Gasteiger partial charge in [-0.3, -0.25) is 9.59 Å². The van der Waals surface area contributed by atoms with Crippen molar-refractivity contribution in [2.45, 2.75) is 30.7 Å². The van der Waals surface area contributed by atoms with Gasteiger partial charge in [0.1, 0.15) is 6.10 Å². The number of halogens is 3. The van der Waals surface area contributed by atoms with Crippen LogP contribution in [0.4, 0.5) is 13.2 Å². The lowest BCUT2D eigenvalue weighted by Gasteiger charge is -2.34. The Kier molecular flexibility index (Phi) is 9.03. The molecule has 166 valence electrons. The third-order valence-electron chi connectivity index (χ3n) is 4.40. The van der Waals surface area contributed by atoms with Gasteiger partial charge in [0.05, 0.1) is 26.6 Å². The molecule has 0 fully saturated rings. The molecule has 1 unspecified atom stereocenters. The van der Waals surface area contributed by atoms with Crippen LogP contribution >= 0.6 is 0 Å². The molecule has 1 rings (SSSR count). The molecule has 1 aromatic carbocycles. The predicted octanol–water partition coefficient (Wildman–Crippen LogP) is 2.93. The van der Waals surface area contributed by atoms with Crippen molar-refractivity contribution < 1.29 is 46.5 Å². The van der Waals surface area contributed by atoms with Crippen LogP contribution in [-0.2, 0) is 38.9 Å². The summed E-state index contributed by atoms with van der Waals surface area (Å²) < 4.78 is 61.0. The molecule has 0 radical (unpaired) electrons. The molecular weight excluding hydrogens is 409 g/mol. The molecule has 7 nitrogen and oxygen atoms in total. The monoisotopic (exact) mass is 432 g/mol. The minimum Gasteiger partial charge on any atom is -0.469 e. The number of methoxy groups -OCH3 is 3. The van der Waals surface area contributed by atoms with Crippen LogP contribution in [0, 0.1) is 5.92 Å². The summed E-state index contributed by atoms with van der Waals surface area (Å²) in [5.41, 5.74) is -4.00. The second-order valence-corrected chi connectivity index (χ2v) is 6.13. The minimum atomic E-state index is -5.21. The van der Waals surface area contributed by atoms with Gasteiger partial charge in [0, 0.05) is 12.7 Å². The highest BCUT2D eigenvalue weighted by molar-refractivity contribution is 5.84. The SMILES string of the molecule is C=CC[C@H](C(=O)OC)[C@@H](CC(=O)OC)OC(=O)C(OC)(c1ccccc1)C(F)(F)F. The fourth-order valence-corrected chi connectivity index (χ4v) is 2.85. The smallest absolute Gasteiger partial charge is 0.432 e.